The SMILES string of the molecule is CCN(Cc1nccn1C)C1CC12CCNCC2.Cl. The Hall–Kier alpha value is -0.580. The second-order valence-electron chi connectivity index (χ2n) is 5.85. The van der Waals surface area contributed by atoms with Crippen LogP contribution in [0.2, 0.25) is 0 Å². The van der Waals surface area contributed by atoms with Crippen LogP contribution in [0.1, 0.15) is 32.0 Å². The zero-order valence-corrected chi connectivity index (χ0v) is 12.7. The van der Waals surface area contributed by atoms with E-state index in [1.54, 1.807) is 0 Å². The van der Waals surface area contributed by atoms with Gasteiger partial charge in [0.15, 0.2) is 0 Å². The maximum absolute atomic E-state index is 4.46. The fraction of sp³-hybridized carbons (Fsp3) is 0.786. The Kier molecular flexibility index (Phi) is 4.54. The van der Waals surface area contributed by atoms with Gasteiger partial charge in [0.1, 0.15) is 5.82 Å². The number of halogens is 1. The Balaban J connectivity index is 0.00000133. The van der Waals surface area contributed by atoms with Crippen molar-refractivity contribution >= 4 is 12.4 Å². The lowest BCUT2D eigenvalue weighted by Gasteiger charge is -2.28. The summed E-state index contributed by atoms with van der Waals surface area (Å²) in [6, 6.07) is 0.793. The lowest BCUT2D eigenvalue weighted by Crippen LogP contribution is -2.36. The number of nitrogens with one attached hydrogen (secondary N) is 1. The average molecular weight is 285 g/mol. The van der Waals surface area contributed by atoms with Gasteiger partial charge >= 0.3 is 0 Å². The highest BCUT2D eigenvalue weighted by atomic mass is 35.5. The van der Waals surface area contributed by atoms with E-state index in [1.165, 1.54) is 38.2 Å². The standard InChI is InChI=1S/C14H24N4.ClH/c1-3-18(11-13-16-8-9-17(13)2)12-10-14(12)4-6-15-7-5-14;/h8-9,12,15H,3-7,10-11H2,1-2H3;1H. The van der Waals surface area contributed by atoms with Crippen molar-refractivity contribution in [3.8, 4) is 0 Å². The van der Waals surface area contributed by atoms with E-state index in [-0.39, 0.29) is 12.4 Å². The molecule has 0 radical (unpaired) electrons. The molecule has 3 rings (SSSR count). The number of piperidine rings is 1. The third kappa shape index (κ3) is 2.81. The lowest BCUT2D eigenvalue weighted by atomic mass is 9.93. The molecule has 2 heterocycles. The summed E-state index contributed by atoms with van der Waals surface area (Å²) in [6.07, 6.45) is 8.04. The highest BCUT2D eigenvalue weighted by Crippen LogP contribution is 2.55. The summed E-state index contributed by atoms with van der Waals surface area (Å²) < 4.78 is 2.14. The van der Waals surface area contributed by atoms with E-state index in [1.807, 2.05) is 12.4 Å². The first-order valence-electron chi connectivity index (χ1n) is 7.16. The van der Waals surface area contributed by atoms with E-state index in [0.29, 0.717) is 5.41 Å². The fourth-order valence-corrected chi connectivity index (χ4v) is 3.48. The number of hydrogen-bond donors (Lipinski definition) is 1. The summed E-state index contributed by atoms with van der Waals surface area (Å²) in [4.78, 5) is 7.07. The van der Waals surface area contributed by atoms with Crippen molar-refractivity contribution in [1.29, 1.82) is 0 Å². The number of nitrogens with zero attached hydrogens (tertiary/aromatic N) is 3. The molecule has 2 fully saturated rings. The second kappa shape index (κ2) is 5.81. The Morgan fingerprint density at radius 1 is 1.47 bits per heavy atom. The average Bonchev–Trinajstić information content (AvgIpc) is 2.91. The molecule has 2 aliphatic rings. The van der Waals surface area contributed by atoms with Gasteiger partial charge < -0.3 is 9.88 Å². The molecule has 1 aliphatic carbocycles. The summed E-state index contributed by atoms with van der Waals surface area (Å²) in [5.74, 6) is 1.19. The highest BCUT2D eigenvalue weighted by molar-refractivity contribution is 5.85. The maximum atomic E-state index is 4.46. The third-order valence-electron chi connectivity index (χ3n) is 4.86. The van der Waals surface area contributed by atoms with E-state index in [0.717, 1.165) is 19.1 Å². The van der Waals surface area contributed by atoms with E-state index < -0.39 is 0 Å². The molecule has 108 valence electrons. The van der Waals surface area contributed by atoms with Crippen LogP contribution in [0, 0.1) is 5.41 Å². The predicted octanol–water partition coefficient (Wildman–Crippen LogP) is 1.81. The van der Waals surface area contributed by atoms with Gasteiger partial charge in [0.2, 0.25) is 0 Å². The van der Waals surface area contributed by atoms with E-state index in [9.17, 15) is 0 Å². The normalized spacial score (nSPS) is 24.5. The lowest BCUT2D eigenvalue weighted by molar-refractivity contribution is 0.198. The molecule has 1 aliphatic heterocycles. The number of aromatic nitrogens is 2. The van der Waals surface area contributed by atoms with Crippen LogP contribution in [0.3, 0.4) is 0 Å². The first-order chi connectivity index (χ1) is 8.75. The van der Waals surface area contributed by atoms with Gasteiger partial charge in [-0.1, -0.05) is 6.92 Å². The number of imidazole rings is 1. The molecule has 1 N–H and O–H groups in total. The molecule has 0 amide bonds. The molecule has 1 saturated heterocycles. The minimum atomic E-state index is 0. The third-order valence-corrected chi connectivity index (χ3v) is 4.86. The van der Waals surface area contributed by atoms with Crippen molar-refractivity contribution in [2.24, 2.45) is 12.5 Å². The van der Waals surface area contributed by atoms with Crippen LogP contribution in [0.5, 0.6) is 0 Å². The minimum Gasteiger partial charge on any atom is -0.337 e. The van der Waals surface area contributed by atoms with Gasteiger partial charge in [-0.05, 0) is 44.3 Å². The topological polar surface area (TPSA) is 33.1 Å². The van der Waals surface area contributed by atoms with E-state index >= 15 is 0 Å². The Morgan fingerprint density at radius 3 is 2.79 bits per heavy atom. The van der Waals surface area contributed by atoms with Gasteiger partial charge in [0.25, 0.3) is 0 Å². The number of aryl methyl sites for hydroxylation is 1. The molecular formula is C14H25ClN4. The van der Waals surface area contributed by atoms with Crippen LogP contribution in [0.15, 0.2) is 12.4 Å². The van der Waals surface area contributed by atoms with Crippen molar-refractivity contribution in [3.05, 3.63) is 18.2 Å². The van der Waals surface area contributed by atoms with Crippen molar-refractivity contribution in [2.45, 2.75) is 38.8 Å². The van der Waals surface area contributed by atoms with E-state index in [2.05, 4.69) is 33.7 Å². The summed E-state index contributed by atoms with van der Waals surface area (Å²) in [7, 11) is 2.09. The van der Waals surface area contributed by atoms with Crippen molar-refractivity contribution in [2.75, 3.05) is 19.6 Å². The summed E-state index contributed by atoms with van der Waals surface area (Å²) in [5, 5.41) is 3.48. The van der Waals surface area contributed by atoms with Gasteiger partial charge in [0.05, 0.1) is 6.54 Å². The maximum Gasteiger partial charge on any atom is 0.122 e. The minimum absolute atomic E-state index is 0. The van der Waals surface area contributed by atoms with Gasteiger partial charge in [-0.3, -0.25) is 4.90 Å². The first kappa shape index (κ1) is 14.8. The van der Waals surface area contributed by atoms with Crippen molar-refractivity contribution in [1.82, 2.24) is 19.8 Å². The summed E-state index contributed by atoms with van der Waals surface area (Å²) in [6.45, 7) is 6.81. The number of hydrogen-bond acceptors (Lipinski definition) is 3. The molecule has 1 aromatic heterocycles. The number of rotatable bonds is 4. The molecule has 1 atom stereocenters. The molecular weight excluding hydrogens is 260 g/mol. The zero-order valence-electron chi connectivity index (χ0n) is 11.9. The van der Waals surface area contributed by atoms with E-state index in [4.69, 9.17) is 0 Å². The Labute approximate surface area is 122 Å². The van der Waals surface area contributed by atoms with Gasteiger partial charge in [-0.25, -0.2) is 4.98 Å². The van der Waals surface area contributed by atoms with Crippen LogP contribution in [0.4, 0.5) is 0 Å². The van der Waals surface area contributed by atoms with Crippen LogP contribution in [-0.4, -0.2) is 40.1 Å². The molecule has 1 saturated carbocycles. The van der Waals surface area contributed by atoms with Gasteiger partial charge in [-0.15, -0.1) is 12.4 Å². The molecule has 1 aromatic rings. The largest absolute Gasteiger partial charge is 0.337 e. The zero-order chi connectivity index (χ0) is 12.6. The second-order valence-corrected chi connectivity index (χ2v) is 5.85. The smallest absolute Gasteiger partial charge is 0.122 e. The quantitative estimate of drug-likeness (QED) is 0.915. The summed E-state index contributed by atoms with van der Waals surface area (Å²) in [5.41, 5.74) is 0.631. The predicted molar refractivity (Wildman–Crippen MR) is 79.5 cm³/mol. The van der Waals surface area contributed by atoms with Crippen molar-refractivity contribution < 1.29 is 0 Å². The molecule has 0 aromatic carbocycles. The molecule has 1 unspecified atom stereocenters. The van der Waals surface area contributed by atoms with Crippen LogP contribution in [-0.2, 0) is 13.6 Å². The Morgan fingerprint density at radius 2 is 2.21 bits per heavy atom. The van der Waals surface area contributed by atoms with Crippen LogP contribution >= 0.6 is 12.4 Å². The molecule has 1 spiro atoms. The fourth-order valence-electron chi connectivity index (χ4n) is 3.48. The van der Waals surface area contributed by atoms with Crippen LogP contribution in [0.25, 0.3) is 0 Å². The van der Waals surface area contributed by atoms with Crippen molar-refractivity contribution in [3.63, 3.8) is 0 Å². The monoisotopic (exact) mass is 284 g/mol. The van der Waals surface area contributed by atoms with Gasteiger partial charge in [0, 0.05) is 25.5 Å². The molecule has 4 nitrogen and oxygen atoms in total. The summed E-state index contributed by atoms with van der Waals surface area (Å²) >= 11 is 0. The van der Waals surface area contributed by atoms with Crippen LogP contribution < -0.4 is 5.32 Å². The molecule has 5 heteroatoms. The van der Waals surface area contributed by atoms with Gasteiger partial charge in [-0.2, -0.15) is 0 Å². The highest BCUT2D eigenvalue weighted by Gasteiger charge is 2.56. The Bertz CT molecular complexity index is 411. The first-order valence-corrected chi connectivity index (χ1v) is 7.16. The molecule has 19 heavy (non-hydrogen) atoms. The molecule has 0 bridgehead atoms.